The molecule has 0 saturated heterocycles. The zero-order valence-electron chi connectivity index (χ0n) is 21.1. The van der Waals surface area contributed by atoms with Gasteiger partial charge in [-0.3, -0.25) is 13.9 Å². The van der Waals surface area contributed by atoms with Crippen LogP contribution in [0.3, 0.4) is 0 Å². The maximum Gasteiger partial charge on any atom is 0.244 e. The van der Waals surface area contributed by atoms with Crippen LogP contribution in [0.1, 0.15) is 44.4 Å². The molecule has 0 aliphatic carbocycles. The Bertz CT molecular complexity index is 1210. The van der Waals surface area contributed by atoms with Crippen molar-refractivity contribution in [2.45, 2.75) is 59.7 Å². The number of amides is 2. The van der Waals surface area contributed by atoms with E-state index in [-0.39, 0.29) is 12.5 Å². The minimum Gasteiger partial charge on any atom is -0.350 e. The summed E-state index contributed by atoms with van der Waals surface area (Å²) in [5, 5.41) is 3.56. The molecule has 7 nitrogen and oxygen atoms in total. The molecule has 1 unspecified atom stereocenters. The number of hydrogen-bond acceptors (Lipinski definition) is 4. The lowest BCUT2D eigenvalue weighted by Crippen LogP contribution is -2.54. The summed E-state index contributed by atoms with van der Waals surface area (Å²) in [4.78, 5) is 27.9. The molecule has 0 bridgehead atoms. The molecular weight excluding hydrogens is 509 g/mol. The summed E-state index contributed by atoms with van der Waals surface area (Å²) >= 11 is 12.2. The molecule has 0 aliphatic rings. The van der Waals surface area contributed by atoms with Crippen molar-refractivity contribution in [3.8, 4) is 0 Å². The van der Waals surface area contributed by atoms with Crippen LogP contribution in [0.5, 0.6) is 0 Å². The Morgan fingerprint density at radius 3 is 2.17 bits per heavy atom. The molecule has 192 valence electrons. The van der Waals surface area contributed by atoms with Gasteiger partial charge in [0.1, 0.15) is 12.6 Å². The number of anilines is 1. The number of aryl methyl sites for hydroxylation is 2. The first-order valence-electron chi connectivity index (χ1n) is 11.1. The van der Waals surface area contributed by atoms with Crippen LogP contribution in [0.15, 0.2) is 36.4 Å². The van der Waals surface area contributed by atoms with Gasteiger partial charge in [-0.05, 0) is 70.9 Å². The zero-order chi connectivity index (χ0) is 26.7. The van der Waals surface area contributed by atoms with Gasteiger partial charge in [-0.1, -0.05) is 47.0 Å². The summed E-state index contributed by atoms with van der Waals surface area (Å²) in [5.41, 5.74) is 2.24. The zero-order valence-corrected chi connectivity index (χ0v) is 23.5. The summed E-state index contributed by atoms with van der Waals surface area (Å²) in [6.45, 7) is 10.4. The van der Waals surface area contributed by atoms with Crippen molar-refractivity contribution in [2.75, 3.05) is 17.1 Å². The maximum atomic E-state index is 13.6. The van der Waals surface area contributed by atoms with E-state index in [1.165, 1.54) is 4.90 Å². The monoisotopic (exact) mass is 541 g/mol. The summed E-state index contributed by atoms with van der Waals surface area (Å²) in [5.74, 6) is -0.888. The third kappa shape index (κ3) is 8.12. The Morgan fingerprint density at radius 2 is 1.66 bits per heavy atom. The van der Waals surface area contributed by atoms with Gasteiger partial charge in [0.2, 0.25) is 21.8 Å². The van der Waals surface area contributed by atoms with E-state index in [4.69, 9.17) is 23.2 Å². The van der Waals surface area contributed by atoms with E-state index in [1.807, 2.05) is 33.8 Å². The van der Waals surface area contributed by atoms with Crippen LogP contribution < -0.4 is 9.62 Å². The molecule has 0 saturated carbocycles. The second-order valence-corrected chi connectivity index (χ2v) is 12.5. The number of carbonyl (C=O) groups is 2. The van der Waals surface area contributed by atoms with Gasteiger partial charge >= 0.3 is 0 Å². The third-order valence-corrected chi connectivity index (χ3v) is 7.17. The fourth-order valence-corrected chi connectivity index (χ4v) is 4.80. The van der Waals surface area contributed by atoms with Crippen LogP contribution in [-0.2, 0) is 26.2 Å². The lowest BCUT2D eigenvalue weighted by Gasteiger charge is -2.33. The van der Waals surface area contributed by atoms with Gasteiger partial charge in [0.05, 0.1) is 22.0 Å². The smallest absolute Gasteiger partial charge is 0.244 e. The van der Waals surface area contributed by atoms with Gasteiger partial charge in [0.15, 0.2) is 0 Å². The highest BCUT2D eigenvalue weighted by atomic mass is 35.5. The van der Waals surface area contributed by atoms with Crippen molar-refractivity contribution in [1.82, 2.24) is 10.2 Å². The first-order chi connectivity index (χ1) is 16.0. The Balaban J connectivity index is 2.46. The largest absolute Gasteiger partial charge is 0.350 e. The molecule has 0 heterocycles. The van der Waals surface area contributed by atoms with E-state index < -0.39 is 34.1 Å². The lowest BCUT2D eigenvalue weighted by molar-refractivity contribution is -0.140. The van der Waals surface area contributed by atoms with Crippen LogP contribution >= 0.6 is 23.2 Å². The van der Waals surface area contributed by atoms with Crippen LogP contribution in [0, 0.1) is 13.8 Å². The van der Waals surface area contributed by atoms with Gasteiger partial charge in [-0.25, -0.2) is 8.42 Å². The predicted molar refractivity (Wildman–Crippen MR) is 142 cm³/mol. The molecule has 0 aromatic heterocycles. The molecule has 2 rings (SSSR count). The number of nitrogens with zero attached hydrogens (tertiary/aromatic N) is 2. The molecule has 10 heteroatoms. The number of halogens is 2. The second kappa shape index (κ2) is 11.2. The molecule has 2 aromatic rings. The topological polar surface area (TPSA) is 86.8 Å². The molecule has 0 radical (unpaired) electrons. The lowest BCUT2D eigenvalue weighted by atomic mass is 10.1. The van der Waals surface area contributed by atoms with E-state index >= 15 is 0 Å². The van der Waals surface area contributed by atoms with Gasteiger partial charge in [0, 0.05) is 12.1 Å². The quantitative estimate of drug-likeness (QED) is 0.524. The fraction of sp³-hybridized carbons (Fsp3) is 0.440. The van der Waals surface area contributed by atoms with Crippen molar-refractivity contribution in [3.63, 3.8) is 0 Å². The van der Waals surface area contributed by atoms with Gasteiger partial charge in [0.25, 0.3) is 0 Å². The standard InChI is InChI=1S/C25H33Cl2N3O4S/c1-16-8-11-22(17(2)12-16)30(35(7,33)34)15-23(31)29(18(3)24(32)28-25(4,5)6)14-19-9-10-20(26)21(27)13-19/h8-13,18H,14-15H2,1-7H3,(H,28,32). The fourth-order valence-electron chi connectivity index (χ4n) is 3.57. The molecule has 0 fully saturated rings. The average molecular weight is 543 g/mol. The molecular formula is C25H33Cl2N3O4S. The van der Waals surface area contributed by atoms with E-state index in [0.29, 0.717) is 21.3 Å². The number of hydrogen-bond donors (Lipinski definition) is 1. The minimum atomic E-state index is -3.80. The number of rotatable bonds is 8. The summed E-state index contributed by atoms with van der Waals surface area (Å²) < 4.78 is 26.5. The molecule has 2 amide bonds. The average Bonchev–Trinajstić information content (AvgIpc) is 2.70. The molecule has 0 aliphatic heterocycles. The molecule has 1 atom stereocenters. The van der Waals surface area contributed by atoms with Crippen molar-refractivity contribution in [2.24, 2.45) is 0 Å². The van der Waals surface area contributed by atoms with E-state index in [9.17, 15) is 18.0 Å². The highest BCUT2D eigenvalue weighted by Gasteiger charge is 2.31. The number of nitrogens with one attached hydrogen (secondary N) is 1. The highest BCUT2D eigenvalue weighted by molar-refractivity contribution is 7.92. The van der Waals surface area contributed by atoms with E-state index in [1.54, 1.807) is 44.2 Å². The van der Waals surface area contributed by atoms with Crippen molar-refractivity contribution < 1.29 is 18.0 Å². The van der Waals surface area contributed by atoms with Crippen molar-refractivity contribution >= 4 is 50.7 Å². The first kappa shape index (κ1) is 28.9. The highest BCUT2D eigenvalue weighted by Crippen LogP contribution is 2.26. The van der Waals surface area contributed by atoms with Gasteiger partial charge in [-0.2, -0.15) is 0 Å². The normalized spacial score (nSPS) is 12.7. The minimum absolute atomic E-state index is 0.0406. The third-order valence-electron chi connectivity index (χ3n) is 5.30. The Labute approximate surface area is 218 Å². The predicted octanol–water partition coefficient (Wildman–Crippen LogP) is 4.71. The van der Waals surface area contributed by atoms with Crippen LogP contribution in [0.2, 0.25) is 10.0 Å². The summed E-state index contributed by atoms with van der Waals surface area (Å²) in [6.07, 6.45) is 1.05. The summed E-state index contributed by atoms with van der Waals surface area (Å²) in [6, 6.07) is 9.39. The number of benzene rings is 2. The number of sulfonamides is 1. The molecule has 0 spiro atoms. The maximum absolute atomic E-state index is 13.6. The molecule has 1 N–H and O–H groups in total. The summed E-state index contributed by atoms with van der Waals surface area (Å²) in [7, 11) is -3.80. The van der Waals surface area contributed by atoms with Crippen LogP contribution in [-0.4, -0.2) is 49.5 Å². The first-order valence-corrected chi connectivity index (χ1v) is 13.7. The van der Waals surface area contributed by atoms with E-state index in [2.05, 4.69) is 5.32 Å². The molecule has 2 aromatic carbocycles. The SMILES string of the molecule is Cc1ccc(N(CC(=O)N(Cc2ccc(Cl)c(Cl)c2)C(C)C(=O)NC(C)(C)C)S(C)(=O)=O)c(C)c1. The van der Waals surface area contributed by atoms with Crippen LogP contribution in [0.4, 0.5) is 5.69 Å². The molecule has 35 heavy (non-hydrogen) atoms. The van der Waals surface area contributed by atoms with Gasteiger partial charge < -0.3 is 10.2 Å². The Kier molecular flexibility index (Phi) is 9.25. The number of carbonyl (C=O) groups excluding carboxylic acids is 2. The van der Waals surface area contributed by atoms with Crippen LogP contribution in [0.25, 0.3) is 0 Å². The second-order valence-electron chi connectivity index (χ2n) is 9.74. The van der Waals surface area contributed by atoms with E-state index in [0.717, 1.165) is 21.7 Å². The van der Waals surface area contributed by atoms with Crippen molar-refractivity contribution in [3.05, 3.63) is 63.1 Å². The Morgan fingerprint density at radius 1 is 1.03 bits per heavy atom. The van der Waals surface area contributed by atoms with Crippen molar-refractivity contribution in [1.29, 1.82) is 0 Å². The Hall–Kier alpha value is -2.29. The van der Waals surface area contributed by atoms with Gasteiger partial charge in [-0.15, -0.1) is 0 Å².